The maximum Gasteiger partial charge on any atom is 0.330 e. The Balaban J connectivity index is 2.10. The van der Waals surface area contributed by atoms with E-state index < -0.39 is 6.10 Å². The van der Waals surface area contributed by atoms with Crippen molar-refractivity contribution in [1.82, 2.24) is 18.7 Å². The van der Waals surface area contributed by atoms with Crippen LogP contribution in [0.25, 0.3) is 11.0 Å². The van der Waals surface area contributed by atoms with Crippen molar-refractivity contribution in [3.63, 3.8) is 0 Å². The predicted molar refractivity (Wildman–Crippen MR) is 95.9 cm³/mol. The van der Waals surface area contributed by atoms with Gasteiger partial charge in [0.2, 0.25) is 5.95 Å². The van der Waals surface area contributed by atoms with Crippen LogP contribution in [0, 0.1) is 0 Å². The number of hydrogen-bond donors (Lipinski definition) is 2. The number of hydrogen-bond acceptors (Lipinski definition) is 5. The molecule has 0 aliphatic carbocycles. The van der Waals surface area contributed by atoms with Crippen LogP contribution in [0.4, 0.5) is 5.95 Å². The predicted octanol–water partition coefficient (Wildman–Crippen LogP) is 0.275. The standard InChI is InChI=1S/C17H21N5O3/c1-11(23)9-18-16-19-13-6-4-5-7-14(13)22(16)10-12-8-15(24)21(3)17(25)20(12)2/h4-8,11,23H,9-10H2,1-3H3,(H,18,19). The first-order chi connectivity index (χ1) is 11.9. The molecule has 0 fully saturated rings. The fraction of sp³-hybridized carbons (Fsp3) is 0.353. The van der Waals surface area contributed by atoms with E-state index in [0.717, 1.165) is 15.6 Å². The Kier molecular flexibility index (Phi) is 4.45. The number of aromatic nitrogens is 4. The number of rotatable bonds is 5. The fourth-order valence-electron chi connectivity index (χ4n) is 2.70. The molecule has 25 heavy (non-hydrogen) atoms. The van der Waals surface area contributed by atoms with Gasteiger partial charge in [0.05, 0.1) is 23.7 Å². The van der Waals surface area contributed by atoms with E-state index >= 15 is 0 Å². The van der Waals surface area contributed by atoms with E-state index in [1.807, 2.05) is 28.8 Å². The minimum atomic E-state index is -0.526. The van der Waals surface area contributed by atoms with Gasteiger partial charge in [0, 0.05) is 32.4 Å². The van der Waals surface area contributed by atoms with Crippen LogP contribution in [0.1, 0.15) is 12.6 Å². The number of nitrogens with zero attached hydrogens (tertiary/aromatic N) is 4. The maximum absolute atomic E-state index is 12.2. The van der Waals surface area contributed by atoms with Gasteiger partial charge in [-0.1, -0.05) is 12.1 Å². The molecule has 0 radical (unpaired) electrons. The summed E-state index contributed by atoms with van der Waals surface area (Å²) in [5.74, 6) is 0.579. The second-order valence-corrected chi connectivity index (χ2v) is 6.11. The Morgan fingerprint density at radius 2 is 1.92 bits per heavy atom. The van der Waals surface area contributed by atoms with Gasteiger partial charge in [-0.15, -0.1) is 0 Å². The van der Waals surface area contributed by atoms with Crippen molar-refractivity contribution in [3.05, 3.63) is 56.9 Å². The zero-order valence-electron chi connectivity index (χ0n) is 14.4. The van der Waals surface area contributed by atoms with Crippen molar-refractivity contribution in [1.29, 1.82) is 0 Å². The zero-order valence-corrected chi connectivity index (χ0v) is 14.4. The normalized spacial score (nSPS) is 12.5. The van der Waals surface area contributed by atoms with Crippen LogP contribution in [-0.4, -0.2) is 36.4 Å². The average molecular weight is 343 g/mol. The molecule has 2 aromatic heterocycles. The largest absolute Gasteiger partial charge is 0.392 e. The summed E-state index contributed by atoms with van der Waals surface area (Å²) >= 11 is 0. The van der Waals surface area contributed by atoms with Crippen molar-refractivity contribution >= 4 is 17.0 Å². The summed E-state index contributed by atoms with van der Waals surface area (Å²) in [5, 5.41) is 12.6. The molecule has 1 aromatic carbocycles. The van der Waals surface area contributed by atoms with Gasteiger partial charge in [-0.05, 0) is 19.1 Å². The van der Waals surface area contributed by atoms with Crippen molar-refractivity contribution in [2.45, 2.75) is 19.6 Å². The minimum Gasteiger partial charge on any atom is -0.392 e. The van der Waals surface area contributed by atoms with E-state index in [2.05, 4.69) is 10.3 Å². The van der Waals surface area contributed by atoms with Gasteiger partial charge in [-0.3, -0.25) is 13.9 Å². The van der Waals surface area contributed by atoms with Crippen LogP contribution >= 0.6 is 0 Å². The van der Waals surface area contributed by atoms with Gasteiger partial charge in [-0.25, -0.2) is 9.78 Å². The first-order valence-corrected chi connectivity index (χ1v) is 8.01. The fourth-order valence-corrected chi connectivity index (χ4v) is 2.70. The summed E-state index contributed by atoms with van der Waals surface area (Å²) in [6.45, 7) is 2.34. The molecule has 1 atom stereocenters. The molecule has 0 saturated carbocycles. The monoisotopic (exact) mass is 343 g/mol. The van der Waals surface area contributed by atoms with Crippen LogP contribution in [0.5, 0.6) is 0 Å². The molecule has 2 N–H and O–H groups in total. The Hall–Kier alpha value is -2.87. The van der Waals surface area contributed by atoms with E-state index in [0.29, 0.717) is 24.7 Å². The molecular weight excluding hydrogens is 322 g/mol. The highest BCUT2D eigenvalue weighted by atomic mass is 16.3. The first-order valence-electron chi connectivity index (χ1n) is 8.01. The Morgan fingerprint density at radius 1 is 1.20 bits per heavy atom. The Labute approximate surface area is 144 Å². The number of nitrogens with one attached hydrogen (secondary N) is 1. The van der Waals surface area contributed by atoms with Crippen LogP contribution < -0.4 is 16.6 Å². The van der Waals surface area contributed by atoms with Gasteiger partial charge in [0.15, 0.2) is 0 Å². The van der Waals surface area contributed by atoms with Crippen molar-refractivity contribution in [2.75, 3.05) is 11.9 Å². The van der Waals surface area contributed by atoms with Crippen molar-refractivity contribution in [2.24, 2.45) is 14.1 Å². The van der Waals surface area contributed by atoms with Crippen LogP contribution in [0.3, 0.4) is 0 Å². The average Bonchev–Trinajstić information content (AvgIpc) is 2.93. The number of benzene rings is 1. The van der Waals surface area contributed by atoms with Crippen LogP contribution in [-0.2, 0) is 20.6 Å². The molecule has 1 unspecified atom stereocenters. The van der Waals surface area contributed by atoms with Crippen molar-refractivity contribution in [3.8, 4) is 0 Å². The highest BCUT2D eigenvalue weighted by Gasteiger charge is 2.14. The maximum atomic E-state index is 12.2. The summed E-state index contributed by atoms with van der Waals surface area (Å²) in [6, 6.07) is 9.07. The summed E-state index contributed by atoms with van der Waals surface area (Å²) < 4.78 is 4.42. The van der Waals surface area contributed by atoms with E-state index in [9.17, 15) is 14.7 Å². The Morgan fingerprint density at radius 3 is 2.64 bits per heavy atom. The third-order valence-electron chi connectivity index (χ3n) is 4.16. The molecular formula is C17H21N5O3. The molecule has 0 aliphatic heterocycles. The highest BCUT2D eigenvalue weighted by Crippen LogP contribution is 2.20. The van der Waals surface area contributed by atoms with Crippen molar-refractivity contribution < 1.29 is 5.11 Å². The van der Waals surface area contributed by atoms with Gasteiger partial charge in [-0.2, -0.15) is 0 Å². The molecule has 0 amide bonds. The number of aliphatic hydroxyl groups excluding tert-OH is 1. The minimum absolute atomic E-state index is 0.310. The lowest BCUT2D eigenvalue weighted by atomic mass is 10.3. The summed E-state index contributed by atoms with van der Waals surface area (Å²) in [5.41, 5.74) is 1.54. The molecule has 0 spiro atoms. The van der Waals surface area contributed by atoms with Gasteiger partial charge in [0.1, 0.15) is 0 Å². The molecule has 3 aromatic rings. The number of aliphatic hydroxyl groups is 1. The summed E-state index contributed by atoms with van der Waals surface area (Å²) in [6.07, 6.45) is -0.526. The van der Waals surface area contributed by atoms with E-state index in [1.165, 1.54) is 17.7 Å². The molecule has 0 aliphatic rings. The Bertz CT molecular complexity index is 1030. The highest BCUT2D eigenvalue weighted by molar-refractivity contribution is 5.78. The first kappa shape index (κ1) is 17.0. The molecule has 0 bridgehead atoms. The number of fused-ring (bicyclic) bond motifs is 1. The van der Waals surface area contributed by atoms with Crippen LogP contribution in [0.15, 0.2) is 39.9 Å². The number of para-hydroxylation sites is 2. The number of imidazole rings is 1. The summed E-state index contributed by atoms with van der Waals surface area (Å²) in [7, 11) is 3.09. The lowest BCUT2D eigenvalue weighted by molar-refractivity contribution is 0.208. The van der Waals surface area contributed by atoms with Gasteiger partial charge < -0.3 is 15.0 Å². The molecule has 8 nitrogen and oxygen atoms in total. The third kappa shape index (κ3) is 3.20. The second kappa shape index (κ2) is 6.56. The number of anilines is 1. The SMILES string of the molecule is CC(O)CNc1nc2ccccc2n1Cc1cc(=O)n(C)c(=O)n1C. The van der Waals surface area contributed by atoms with Gasteiger partial charge >= 0.3 is 5.69 Å². The molecule has 8 heteroatoms. The smallest absolute Gasteiger partial charge is 0.330 e. The summed E-state index contributed by atoms with van der Waals surface area (Å²) in [4.78, 5) is 28.7. The van der Waals surface area contributed by atoms with E-state index in [-0.39, 0.29) is 11.2 Å². The molecule has 0 saturated heterocycles. The van der Waals surface area contributed by atoms with Crippen LogP contribution in [0.2, 0.25) is 0 Å². The molecule has 3 rings (SSSR count). The third-order valence-corrected chi connectivity index (χ3v) is 4.16. The molecule has 2 heterocycles. The molecule has 132 valence electrons. The van der Waals surface area contributed by atoms with E-state index in [1.54, 1.807) is 14.0 Å². The quantitative estimate of drug-likeness (QED) is 0.694. The van der Waals surface area contributed by atoms with Gasteiger partial charge in [0.25, 0.3) is 5.56 Å². The zero-order chi connectivity index (χ0) is 18.1. The second-order valence-electron chi connectivity index (χ2n) is 6.11. The topological polar surface area (TPSA) is 94.1 Å². The van der Waals surface area contributed by atoms with E-state index in [4.69, 9.17) is 0 Å². The lowest BCUT2D eigenvalue weighted by Crippen LogP contribution is -2.38. The lowest BCUT2D eigenvalue weighted by Gasteiger charge is -2.14.